The van der Waals surface area contributed by atoms with E-state index in [1.807, 2.05) is 50.2 Å². The van der Waals surface area contributed by atoms with Gasteiger partial charge in [0, 0.05) is 30.5 Å². The maximum atomic E-state index is 12.1. The summed E-state index contributed by atoms with van der Waals surface area (Å²) in [5.41, 5.74) is 4.96. The molecule has 0 saturated carbocycles. The minimum Gasteiger partial charge on any atom is -0.452 e. The molecule has 1 fully saturated rings. The van der Waals surface area contributed by atoms with Gasteiger partial charge in [0.15, 0.2) is 6.61 Å². The molecule has 0 radical (unpaired) electrons. The molecule has 1 aliphatic heterocycles. The molecule has 146 valence electrons. The fourth-order valence-electron chi connectivity index (χ4n) is 3.17. The van der Waals surface area contributed by atoms with Gasteiger partial charge in [0.05, 0.1) is 0 Å². The van der Waals surface area contributed by atoms with Gasteiger partial charge in [0.25, 0.3) is 5.91 Å². The standard InChI is InChI=1S/C23H26N2O3/c1-17-5-7-19(8-6-17)9-12-23(27)28-16-22(26)24-21-11-10-20(15-18(21)2)25-13-3-4-14-25/h5-12,15H,3-4,13-14,16H2,1-2H3,(H,24,26)/b12-9+. The summed E-state index contributed by atoms with van der Waals surface area (Å²) < 4.78 is 5.02. The van der Waals surface area contributed by atoms with E-state index in [1.165, 1.54) is 24.6 Å². The molecule has 1 amide bonds. The third-order valence-corrected chi connectivity index (χ3v) is 4.79. The zero-order valence-electron chi connectivity index (χ0n) is 16.4. The molecule has 0 unspecified atom stereocenters. The van der Waals surface area contributed by atoms with Gasteiger partial charge in [-0.05, 0) is 62.1 Å². The molecule has 5 nitrogen and oxygen atoms in total. The molecule has 28 heavy (non-hydrogen) atoms. The van der Waals surface area contributed by atoms with Gasteiger partial charge in [-0.15, -0.1) is 0 Å². The molecule has 1 aliphatic rings. The minimum atomic E-state index is -0.545. The Morgan fingerprint density at radius 1 is 1.07 bits per heavy atom. The average Bonchev–Trinajstić information content (AvgIpc) is 3.22. The fourth-order valence-corrected chi connectivity index (χ4v) is 3.17. The lowest BCUT2D eigenvalue weighted by molar-refractivity contribution is -0.142. The highest BCUT2D eigenvalue weighted by Crippen LogP contribution is 2.25. The second-order valence-electron chi connectivity index (χ2n) is 7.09. The Morgan fingerprint density at radius 3 is 2.46 bits per heavy atom. The van der Waals surface area contributed by atoms with Gasteiger partial charge in [-0.2, -0.15) is 0 Å². The van der Waals surface area contributed by atoms with Crippen molar-refractivity contribution in [2.24, 2.45) is 0 Å². The van der Waals surface area contributed by atoms with Crippen LogP contribution in [0, 0.1) is 13.8 Å². The highest BCUT2D eigenvalue weighted by Gasteiger charge is 2.14. The molecule has 0 atom stereocenters. The molecule has 0 aliphatic carbocycles. The van der Waals surface area contributed by atoms with Crippen molar-refractivity contribution in [1.82, 2.24) is 0 Å². The molecular formula is C23H26N2O3. The van der Waals surface area contributed by atoms with E-state index in [4.69, 9.17) is 4.74 Å². The van der Waals surface area contributed by atoms with Crippen LogP contribution in [0.3, 0.4) is 0 Å². The second kappa shape index (κ2) is 9.22. The van der Waals surface area contributed by atoms with E-state index < -0.39 is 5.97 Å². The van der Waals surface area contributed by atoms with E-state index >= 15 is 0 Å². The van der Waals surface area contributed by atoms with Gasteiger partial charge in [-0.1, -0.05) is 29.8 Å². The summed E-state index contributed by atoms with van der Waals surface area (Å²) in [5.74, 6) is -0.897. The van der Waals surface area contributed by atoms with Crippen LogP contribution < -0.4 is 10.2 Å². The van der Waals surface area contributed by atoms with Crippen LogP contribution in [0.2, 0.25) is 0 Å². The van der Waals surface area contributed by atoms with E-state index in [-0.39, 0.29) is 12.5 Å². The third kappa shape index (κ3) is 5.46. The van der Waals surface area contributed by atoms with E-state index in [1.54, 1.807) is 6.08 Å². The van der Waals surface area contributed by atoms with E-state index in [0.717, 1.165) is 35.5 Å². The SMILES string of the molecule is Cc1ccc(/C=C/C(=O)OCC(=O)Nc2ccc(N3CCCC3)cc2C)cc1. The Morgan fingerprint density at radius 2 is 1.79 bits per heavy atom. The Kier molecular flexibility index (Phi) is 6.48. The highest BCUT2D eigenvalue weighted by atomic mass is 16.5. The van der Waals surface area contributed by atoms with Crippen molar-refractivity contribution in [2.75, 3.05) is 29.9 Å². The van der Waals surface area contributed by atoms with Crippen LogP contribution in [0.15, 0.2) is 48.5 Å². The van der Waals surface area contributed by atoms with Crippen molar-refractivity contribution in [3.63, 3.8) is 0 Å². The number of carbonyl (C=O) groups excluding carboxylic acids is 2. The van der Waals surface area contributed by atoms with Crippen molar-refractivity contribution in [3.8, 4) is 0 Å². The van der Waals surface area contributed by atoms with Gasteiger partial charge < -0.3 is 15.0 Å². The average molecular weight is 378 g/mol. The molecule has 0 aromatic heterocycles. The van der Waals surface area contributed by atoms with Crippen LogP contribution in [-0.4, -0.2) is 31.6 Å². The number of nitrogens with zero attached hydrogens (tertiary/aromatic N) is 1. The first-order valence-electron chi connectivity index (χ1n) is 9.58. The number of anilines is 2. The molecule has 3 rings (SSSR count). The van der Waals surface area contributed by atoms with Crippen molar-refractivity contribution in [2.45, 2.75) is 26.7 Å². The van der Waals surface area contributed by atoms with Gasteiger partial charge in [0.1, 0.15) is 0 Å². The number of amides is 1. The lowest BCUT2D eigenvalue weighted by atomic mass is 10.1. The number of esters is 1. The molecular weight excluding hydrogens is 352 g/mol. The van der Waals surface area contributed by atoms with Crippen LogP contribution in [-0.2, 0) is 14.3 Å². The van der Waals surface area contributed by atoms with Gasteiger partial charge >= 0.3 is 5.97 Å². The molecule has 1 heterocycles. The zero-order chi connectivity index (χ0) is 19.9. The summed E-state index contributed by atoms with van der Waals surface area (Å²) in [5, 5.41) is 2.80. The number of ether oxygens (including phenoxy) is 1. The zero-order valence-corrected chi connectivity index (χ0v) is 16.4. The Hall–Kier alpha value is -3.08. The van der Waals surface area contributed by atoms with Crippen molar-refractivity contribution < 1.29 is 14.3 Å². The number of aryl methyl sites for hydroxylation is 2. The largest absolute Gasteiger partial charge is 0.452 e. The number of carbonyl (C=O) groups is 2. The van der Waals surface area contributed by atoms with E-state index in [2.05, 4.69) is 16.3 Å². The van der Waals surface area contributed by atoms with Crippen molar-refractivity contribution in [3.05, 3.63) is 65.2 Å². The summed E-state index contributed by atoms with van der Waals surface area (Å²) in [7, 11) is 0. The lowest BCUT2D eigenvalue weighted by Gasteiger charge is -2.19. The van der Waals surface area contributed by atoms with Crippen molar-refractivity contribution in [1.29, 1.82) is 0 Å². The minimum absolute atomic E-state index is 0.315. The van der Waals surface area contributed by atoms with Gasteiger partial charge in [-0.3, -0.25) is 4.79 Å². The third-order valence-electron chi connectivity index (χ3n) is 4.79. The highest BCUT2D eigenvalue weighted by molar-refractivity contribution is 5.95. The quantitative estimate of drug-likeness (QED) is 0.607. The number of hydrogen-bond acceptors (Lipinski definition) is 4. The monoisotopic (exact) mass is 378 g/mol. The second-order valence-corrected chi connectivity index (χ2v) is 7.09. The molecule has 1 saturated heterocycles. The molecule has 0 bridgehead atoms. The Bertz CT molecular complexity index is 866. The predicted octanol–water partition coefficient (Wildman–Crippen LogP) is 4.10. The maximum absolute atomic E-state index is 12.1. The van der Waals surface area contributed by atoms with Crippen LogP contribution in [0.25, 0.3) is 6.08 Å². The molecule has 2 aromatic rings. The van der Waals surface area contributed by atoms with Crippen molar-refractivity contribution >= 4 is 29.3 Å². The van der Waals surface area contributed by atoms with Gasteiger partial charge in [-0.25, -0.2) is 4.79 Å². The summed E-state index contributed by atoms with van der Waals surface area (Å²) >= 11 is 0. The first-order chi connectivity index (χ1) is 13.5. The fraction of sp³-hybridized carbons (Fsp3) is 0.304. The smallest absolute Gasteiger partial charge is 0.331 e. The predicted molar refractivity (Wildman–Crippen MR) is 112 cm³/mol. The number of rotatable bonds is 6. The first-order valence-corrected chi connectivity index (χ1v) is 9.58. The summed E-state index contributed by atoms with van der Waals surface area (Å²) in [6.07, 6.45) is 5.44. The Balaban J connectivity index is 1.48. The van der Waals surface area contributed by atoms with E-state index in [0.29, 0.717) is 0 Å². The maximum Gasteiger partial charge on any atom is 0.331 e. The molecule has 0 spiro atoms. The molecule has 2 aromatic carbocycles. The van der Waals surface area contributed by atoms with Gasteiger partial charge in [0.2, 0.25) is 0 Å². The topological polar surface area (TPSA) is 58.6 Å². The van der Waals surface area contributed by atoms with Crippen LogP contribution in [0.5, 0.6) is 0 Å². The summed E-state index contributed by atoms with van der Waals surface area (Å²) in [6.45, 7) is 5.81. The van der Waals surface area contributed by atoms with Crippen LogP contribution in [0.4, 0.5) is 11.4 Å². The first kappa shape index (κ1) is 19.7. The summed E-state index contributed by atoms with van der Waals surface area (Å²) in [6, 6.07) is 13.8. The summed E-state index contributed by atoms with van der Waals surface area (Å²) in [4.78, 5) is 26.3. The number of nitrogens with one attached hydrogen (secondary N) is 1. The van der Waals surface area contributed by atoms with Crippen LogP contribution >= 0.6 is 0 Å². The number of benzene rings is 2. The normalized spacial score (nSPS) is 13.7. The number of hydrogen-bond donors (Lipinski definition) is 1. The van der Waals surface area contributed by atoms with Crippen LogP contribution in [0.1, 0.15) is 29.5 Å². The van der Waals surface area contributed by atoms with E-state index in [9.17, 15) is 9.59 Å². The molecule has 1 N–H and O–H groups in total. The Labute approximate surface area is 166 Å². The lowest BCUT2D eigenvalue weighted by Crippen LogP contribution is -2.21. The molecule has 5 heteroatoms.